The number of hydrogen-bond donors (Lipinski definition) is 0. The first-order valence-electron chi connectivity index (χ1n) is 6.96. The van der Waals surface area contributed by atoms with E-state index >= 15 is 0 Å². The van der Waals surface area contributed by atoms with Gasteiger partial charge in [-0.1, -0.05) is 0 Å². The molecule has 2 nitrogen and oxygen atoms in total. The minimum atomic E-state index is -2.15. The number of hydrogen-bond acceptors (Lipinski definition) is 2. The van der Waals surface area contributed by atoms with Gasteiger partial charge in [-0.15, -0.1) is 0 Å². The molecule has 0 fully saturated rings. The first kappa shape index (κ1) is 15.0. The summed E-state index contributed by atoms with van der Waals surface area (Å²) < 4.78 is 13.0. The van der Waals surface area contributed by atoms with Gasteiger partial charge in [-0.25, -0.2) is 0 Å². The van der Waals surface area contributed by atoms with Crippen molar-refractivity contribution in [3.05, 3.63) is 47.5 Å². The second-order valence-corrected chi connectivity index (χ2v) is 22.4. The van der Waals surface area contributed by atoms with Gasteiger partial charge in [-0.2, -0.15) is 0 Å². The van der Waals surface area contributed by atoms with E-state index in [1.165, 1.54) is 3.58 Å². The van der Waals surface area contributed by atoms with Crippen LogP contribution in [0.2, 0.25) is 14.8 Å². The Morgan fingerprint density at radius 1 is 0.857 bits per heavy atom. The monoisotopic (exact) mass is 406 g/mol. The van der Waals surface area contributed by atoms with Gasteiger partial charge in [0.1, 0.15) is 0 Å². The molecule has 1 aliphatic carbocycles. The number of carbonyl (C=O) groups is 1. The van der Waals surface area contributed by atoms with Crippen LogP contribution in [-0.4, -0.2) is 34.6 Å². The zero-order valence-corrected chi connectivity index (χ0v) is 16.4. The summed E-state index contributed by atoms with van der Waals surface area (Å²) in [7, 11) is -1.06. The Morgan fingerprint density at radius 2 is 1.52 bits per heavy atom. The van der Waals surface area contributed by atoms with E-state index in [0.29, 0.717) is 10.5 Å². The molecule has 0 aliphatic heterocycles. The third-order valence-corrected chi connectivity index (χ3v) is 10.7. The molecule has 0 radical (unpaired) electrons. The normalized spacial score (nSPS) is 14.8. The van der Waals surface area contributed by atoms with Gasteiger partial charge in [-0.05, 0) is 0 Å². The average Bonchev–Trinajstić information content (AvgIpc) is 2.70. The second-order valence-electron chi connectivity index (χ2n) is 6.50. The molecule has 0 N–H and O–H groups in total. The molecule has 0 saturated heterocycles. The van der Waals surface area contributed by atoms with Crippen LogP contribution in [0.4, 0.5) is 0 Å². The first-order valence-corrected chi connectivity index (χ1v) is 18.5. The SMILES string of the molecule is CS(=O)c1ccc2c(c1)C(=O)c1cc[c]([Sn]([CH3])([CH3])[CH3])cc1-2. The summed E-state index contributed by atoms with van der Waals surface area (Å²) in [5.41, 5.74) is 3.51. The molecule has 0 spiro atoms. The van der Waals surface area contributed by atoms with Crippen molar-refractivity contribution in [2.45, 2.75) is 19.7 Å². The van der Waals surface area contributed by atoms with Crippen LogP contribution < -0.4 is 3.58 Å². The summed E-state index contributed by atoms with van der Waals surface area (Å²) in [6, 6.07) is 11.9. The maximum atomic E-state index is 12.5. The molecule has 4 heteroatoms. The zero-order valence-electron chi connectivity index (χ0n) is 12.7. The first-order chi connectivity index (χ1) is 9.79. The van der Waals surface area contributed by atoms with E-state index in [0.717, 1.165) is 16.7 Å². The minimum absolute atomic E-state index is 0.0583. The predicted octanol–water partition coefficient (Wildman–Crippen LogP) is 3.18. The molecule has 2 aromatic rings. The summed E-state index contributed by atoms with van der Waals surface area (Å²) in [6.45, 7) is 0. The summed E-state index contributed by atoms with van der Waals surface area (Å²) in [5.74, 6) is 0.0583. The van der Waals surface area contributed by atoms with Crippen molar-refractivity contribution in [3.63, 3.8) is 0 Å². The van der Waals surface area contributed by atoms with E-state index in [2.05, 4.69) is 27.0 Å². The summed E-state index contributed by atoms with van der Waals surface area (Å²) >= 11 is -2.15. The molecule has 0 aromatic heterocycles. The molecule has 0 saturated carbocycles. The van der Waals surface area contributed by atoms with Crippen LogP contribution in [0.3, 0.4) is 0 Å². The van der Waals surface area contributed by atoms with Gasteiger partial charge in [0, 0.05) is 0 Å². The maximum absolute atomic E-state index is 12.5. The second kappa shape index (κ2) is 5.06. The Labute approximate surface area is 131 Å². The summed E-state index contributed by atoms with van der Waals surface area (Å²) in [5, 5.41) is 0. The standard InChI is InChI=1S/C14H9O2S.3CH3.Sn/c1-17(16)9-6-7-11-10-4-2-3-5-12(10)14(15)13(11)8-9;;;;/h3-8H,1H3;3*1H3;. The zero-order chi connectivity index (χ0) is 15.4. The number of carbonyl (C=O) groups excluding carboxylic acids is 1. The molecule has 0 bridgehead atoms. The van der Waals surface area contributed by atoms with Gasteiger partial charge >= 0.3 is 132 Å². The van der Waals surface area contributed by atoms with Crippen molar-refractivity contribution in [2.24, 2.45) is 0 Å². The third-order valence-electron chi connectivity index (χ3n) is 3.99. The summed E-state index contributed by atoms with van der Waals surface area (Å²) in [4.78, 5) is 20.4. The fourth-order valence-corrected chi connectivity index (χ4v) is 6.56. The summed E-state index contributed by atoms with van der Waals surface area (Å²) in [6.07, 6.45) is 1.64. The van der Waals surface area contributed by atoms with E-state index < -0.39 is 29.2 Å². The van der Waals surface area contributed by atoms with Gasteiger partial charge in [0.25, 0.3) is 0 Å². The fraction of sp³-hybridized carbons (Fsp3) is 0.235. The number of rotatable bonds is 2. The van der Waals surface area contributed by atoms with Crippen molar-refractivity contribution in [3.8, 4) is 11.1 Å². The molecular weight excluding hydrogens is 387 g/mol. The van der Waals surface area contributed by atoms with Crippen molar-refractivity contribution >= 4 is 38.5 Å². The van der Waals surface area contributed by atoms with Crippen LogP contribution >= 0.6 is 0 Å². The topological polar surface area (TPSA) is 34.1 Å². The van der Waals surface area contributed by atoms with Crippen LogP contribution in [0.1, 0.15) is 15.9 Å². The number of fused-ring (bicyclic) bond motifs is 3. The molecule has 3 rings (SSSR count). The molecule has 0 heterocycles. The van der Waals surface area contributed by atoms with Crippen molar-refractivity contribution in [1.29, 1.82) is 0 Å². The number of ketones is 1. The molecule has 2 aromatic carbocycles. The Kier molecular flexibility index (Phi) is 3.61. The van der Waals surface area contributed by atoms with E-state index in [-0.39, 0.29) is 5.78 Å². The van der Waals surface area contributed by atoms with Crippen LogP contribution in [0, 0.1) is 0 Å². The molecule has 0 amide bonds. The van der Waals surface area contributed by atoms with Gasteiger partial charge in [0.05, 0.1) is 0 Å². The van der Waals surface area contributed by atoms with Crippen LogP contribution in [-0.2, 0) is 10.8 Å². The van der Waals surface area contributed by atoms with Gasteiger partial charge in [0.2, 0.25) is 0 Å². The van der Waals surface area contributed by atoms with Gasteiger partial charge in [0.15, 0.2) is 0 Å². The molecule has 1 aliphatic rings. The Bertz CT molecular complexity index is 788. The van der Waals surface area contributed by atoms with Crippen LogP contribution in [0.25, 0.3) is 11.1 Å². The Morgan fingerprint density at radius 3 is 2.14 bits per heavy atom. The van der Waals surface area contributed by atoms with Crippen LogP contribution in [0.5, 0.6) is 0 Å². The van der Waals surface area contributed by atoms with Gasteiger partial charge < -0.3 is 0 Å². The van der Waals surface area contributed by atoms with Crippen molar-refractivity contribution < 1.29 is 9.00 Å². The van der Waals surface area contributed by atoms with Crippen molar-refractivity contribution in [2.75, 3.05) is 6.26 Å². The molecule has 21 heavy (non-hydrogen) atoms. The number of benzene rings is 2. The molecular formula is C17H18O2SSn. The van der Waals surface area contributed by atoms with E-state index in [9.17, 15) is 9.00 Å². The fourth-order valence-electron chi connectivity index (χ4n) is 2.70. The Balaban J connectivity index is 2.21. The van der Waals surface area contributed by atoms with E-state index in [1.54, 1.807) is 12.3 Å². The third kappa shape index (κ3) is 2.50. The van der Waals surface area contributed by atoms with Gasteiger partial charge in [-0.3, -0.25) is 0 Å². The molecule has 1 unspecified atom stereocenters. The predicted molar refractivity (Wildman–Crippen MR) is 90.6 cm³/mol. The Hall–Kier alpha value is -0.941. The average molecular weight is 405 g/mol. The van der Waals surface area contributed by atoms with Crippen LogP contribution in [0.15, 0.2) is 41.3 Å². The van der Waals surface area contributed by atoms with E-state index in [1.807, 2.05) is 18.2 Å². The van der Waals surface area contributed by atoms with Crippen molar-refractivity contribution in [1.82, 2.24) is 0 Å². The molecule has 1 atom stereocenters. The quantitative estimate of drug-likeness (QED) is 0.614. The molecule has 108 valence electrons. The van der Waals surface area contributed by atoms with E-state index in [4.69, 9.17) is 0 Å².